The van der Waals surface area contributed by atoms with Crippen LogP contribution in [0.5, 0.6) is 5.75 Å². The van der Waals surface area contributed by atoms with Crippen molar-refractivity contribution in [1.82, 2.24) is 10.2 Å². The molecule has 9 nitrogen and oxygen atoms in total. The van der Waals surface area contributed by atoms with Crippen LogP contribution in [-0.4, -0.2) is 37.4 Å². The molecule has 0 fully saturated rings. The smallest absolute Gasteiger partial charge is 0.322 e. The monoisotopic (exact) mass is 427 g/mol. The molecule has 0 bridgehead atoms. The fourth-order valence-electron chi connectivity index (χ4n) is 2.84. The molecule has 2 aromatic carbocycles. The first-order valence-corrected chi connectivity index (χ1v) is 10.6. The quantitative estimate of drug-likeness (QED) is 0.477. The third kappa shape index (κ3) is 4.03. The normalized spacial score (nSPS) is 11.5. The Bertz CT molecular complexity index is 1290. The molecule has 30 heavy (non-hydrogen) atoms. The summed E-state index contributed by atoms with van der Waals surface area (Å²) in [6, 6.07) is 14.8. The van der Waals surface area contributed by atoms with Gasteiger partial charge in [-0.2, -0.15) is 0 Å². The first-order valence-electron chi connectivity index (χ1n) is 8.94. The van der Waals surface area contributed by atoms with E-state index in [0.717, 1.165) is 0 Å². The molecule has 0 aliphatic carbocycles. The van der Waals surface area contributed by atoms with Crippen LogP contribution in [0.3, 0.4) is 0 Å². The highest BCUT2D eigenvalue weighted by Gasteiger charge is 2.19. The maximum atomic E-state index is 12.4. The van der Waals surface area contributed by atoms with Gasteiger partial charge in [0.1, 0.15) is 0 Å². The third-order valence-electron chi connectivity index (χ3n) is 4.33. The fourth-order valence-corrected chi connectivity index (χ4v) is 4.09. The first-order chi connectivity index (χ1) is 14.5. The summed E-state index contributed by atoms with van der Waals surface area (Å²) in [5, 5.41) is 10.7. The van der Waals surface area contributed by atoms with Gasteiger partial charge in [-0.1, -0.05) is 35.4 Å². The summed E-state index contributed by atoms with van der Waals surface area (Å²) in [6.45, 7) is 0. The Kier molecular flexibility index (Phi) is 5.23. The molecule has 2 heterocycles. The zero-order valence-electron chi connectivity index (χ0n) is 15.9. The summed E-state index contributed by atoms with van der Waals surface area (Å²) in [5.41, 5.74) is 0.447. The van der Waals surface area contributed by atoms with Gasteiger partial charge in [0.25, 0.3) is 5.91 Å². The molecule has 0 spiro atoms. The van der Waals surface area contributed by atoms with E-state index in [2.05, 4.69) is 15.5 Å². The van der Waals surface area contributed by atoms with Gasteiger partial charge in [0.05, 0.1) is 17.8 Å². The Labute approximate surface area is 171 Å². The molecule has 154 valence electrons. The second kappa shape index (κ2) is 7.99. The highest BCUT2D eigenvalue weighted by molar-refractivity contribution is 7.91. The SMILES string of the molecule is COc1cccc2cc(C(=O)Nc3nnc(CCS(=O)(=O)c4ccccc4)o3)oc12. The van der Waals surface area contributed by atoms with Crippen molar-refractivity contribution in [3.63, 3.8) is 0 Å². The highest BCUT2D eigenvalue weighted by Crippen LogP contribution is 2.28. The molecule has 0 saturated carbocycles. The Morgan fingerprint density at radius 3 is 2.63 bits per heavy atom. The lowest BCUT2D eigenvalue weighted by molar-refractivity contribution is 0.0995. The van der Waals surface area contributed by atoms with Crippen LogP contribution in [0.15, 0.2) is 68.3 Å². The van der Waals surface area contributed by atoms with Crippen LogP contribution in [0.4, 0.5) is 6.01 Å². The molecule has 0 atom stereocenters. The van der Waals surface area contributed by atoms with Gasteiger partial charge in [-0.05, 0) is 24.3 Å². The fraction of sp³-hybridized carbons (Fsp3) is 0.150. The van der Waals surface area contributed by atoms with Crippen LogP contribution in [0.2, 0.25) is 0 Å². The van der Waals surface area contributed by atoms with Crippen molar-refractivity contribution >= 4 is 32.7 Å². The van der Waals surface area contributed by atoms with E-state index in [-0.39, 0.29) is 34.7 Å². The van der Waals surface area contributed by atoms with Gasteiger partial charge in [0.15, 0.2) is 26.9 Å². The Morgan fingerprint density at radius 1 is 1.07 bits per heavy atom. The number of furan rings is 1. The predicted octanol–water partition coefficient (Wildman–Crippen LogP) is 3.09. The molecule has 2 aromatic heterocycles. The van der Waals surface area contributed by atoms with Crippen LogP contribution in [0.1, 0.15) is 16.4 Å². The van der Waals surface area contributed by atoms with Crippen molar-refractivity contribution in [3.05, 3.63) is 66.2 Å². The number of nitrogens with zero attached hydrogens (tertiary/aromatic N) is 2. The Morgan fingerprint density at radius 2 is 1.87 bits per heavy atom. The summed E-state index contributed by atoms with van der Waals surface area (Å²) in [4.78, 5) is 12.6. The second-order valence-electron chi connectivity index (χ2n) is 6.33. The number of amides is 1. The number of aromatic nitrogens is 2. The first kappa shape index (κ1) is 19.6. The van der Waals surface area contributed by atoms with E-state index < -0.39 is 15.7 Å². The van der Waals surface area contributed by atoms with Crippen LogP contribution < -0.4 is 10.1 Å². The highest BCUT2D eigenvalue weighted by atomic mass is 32.2. The summed E-state index contributed by atoms with van der Waals surface area (Å²) in [6.07, 6.45) is 0.0158. The van der Waals surface area contributed by atoms with E-state index in [1.54, 1.807) is 42.5 Å². The number of methoxy groups -OCH3 is 1. The van der Waals surface area contributed by atoms with Crippen molar-refractivity contribution in [2.24, 2.45) is 0 Å². The zero-order chi connectivity index (χ0) is 21.1. The van der Waals surface area contributed by atoms with Gasteiger partial charge >= 0.3 is 6.01 Å². The maximum absolute atomic E-state index is 12.4. The molecule has 0 radical (unpaired) electrons. The minimum Gasteiger partial charge on any atom is -0.493 e. The largest absolute Gasteiger partial charge is 0.493 e. The van der Waals surface area contributed by atoms with Crippen LogP contribution in [0.25, 0.3) is 11.0 Å². The number of hydrogen-bond donors (Lipinski definition) is 1. The molecule has 0 aliphatic rings. The van der Waals surface area contributed by atoms with Gasteiger partial charge in [-0.25, -0.2) is 8.42 Å². The topological polar surface area (TPSA) is 125 Å². The molecule has 0 saturated heterocycles. The van der Waals surface area contributed by atoms with Crippen molar-refractivity contribution < 1.29 is 26.8 Å². The summed E-state index contributed by atoms with van der Waals surface area (Å²) >= 11 is 0. The van der Waals surface area contributed by atoms with Gasteiger partial charge in [-0.3, -0.25) is 10.1 Å². The summed E-state index contributed by atoms with van der Waals surface area (Å²) in [5.74, 6) is -0.140. The zero-order valence-corrected chi connectivity index (χ0v) is 16.7. The summed E-state index contributed by atoms with van der Waals surface area (Å²) < 4.78 is 40.8. The van der Waals surface area contributed by atoms with Crippen LogP contribution in [-0.2, 0) is 16.3 Å². The average Bonchev–Trinajstić information content (AvgIpc) is 3.39. The minimum atomic E-state index is -3.48. The second-order valence-corrected chi connectivity index (χ2v) is 8.44. The number of hydrogen-bond acceptors (Lipinski definition) is 8. The van der Waals surface area contributed by atoms with E-state index in [1.165, 1.54) is 19.2 Å². The number of benzene rings is 2. The Hall–Kier alpha value is -3.66. The minimum absolute atomic E-state index is 0.0158. The molecule has 4 rings (SSSR count). The number of ether oxygens (including phenoxy) is 1. The van der Waals surface area contributed by atoms with Crippen molar-refractivity contribution in [2.75, 3.05) is 18.2 Å². The van der Waals surface area contributed by atoms with Gasteiger partial charge in [0.2, 0.25) is 5.89 Å². The van der Waals surface area contributed by atoms with E-state index in [1.807, 2.05) is 0 Å². The van der Waals surface area contributed by atoms with Crippen LogP contribution >= 0.6 is 0 Å². The molecule has 1 amide bonds. The maximum Gasteiger partial charge on any atom is 0.322 e. The number of fused-ring (bicyclic) bond motifs is 1. The lowest BCUT2D eigenvalue weighted by Gasteiger charge is -2.01. The van der Waals surface area contributed by atoms with Gasteiger partial charge in [-0.15, -0.1) is 5.10 Å². The number of anilines is 1. The molecule has 0 aliphatic heterocycles. The van der Waals surface area contributed by atoms with Gasteiger partial charge < -0.3 is 13.6 Å². The standard InChI is InChI=1S/C20H17N3O6S/c1-27-15-9-5-6-13-12-16(28-18(13)15)19(24)21-20-23-22-17(29-20)10-11-30(25,26)14-7-3-2-4-8-14/h2-9,12H,10-11H2,1H3,(H,21,23,24). The van der Waals surface area contributed by atoms with E-state index in [4.69, 9.17) is 13.6 Å². The third-order valence-corrected chi connectivity index (χ3v) is 6.06. The molecule has 1 N–H and O–H groups in total. The number of sulfone groups is 1. The number of carbonyl (C=O) groups excluding carboxylic acids is 1. The van der Waals surface area contributed by atoms with E-state index >= 15 is 0 Å². The van der Waals surface area contributed by atoms with E-state index in [0.29, 0.717) is 16.7 Å². The van der Waals surface area contributed by atoms with Crippen LogP contribution in [0, 0.1) is 0 Å². The lowest BCUT2D eigenvalue weighted by atomic mass is 10.2. The molecule has 4 aromatic rings. The number of carbonyl (C=O) groups is 1. The predicted molar refractivity (Wildman–Crippen MR) is 107 cm³/mol. The van der Waals surface area contributed by atoms with E-state index in [9.17, 15) is 13.2 Å². The number of nitrogens with one attached hydrogen (secondary N) is 1. The van der Waals surface area contributed by atoms with Crippen molar-refractivity contribution in [3.8, 4) is 5.75 Å². The summed E-state index contributed by atoms with van der Waals surface area (Å²) in [7, 11) is -1.97. The van der Waals surface area contributed by atoms with Crippen molar-refractivity contribution in [1.29, 1.82) is 0 Å². The molecular weight excluding hydrogens is 410 g/mol. The lowest BCUT2D eigenvalue weighted by Crippen LogP contribution is -2.11. The average molecular weight is 427 g/mol. The Balaban J connectivity index is 1.43. The van der Waals surface area contributed by atoms with Crippen molar-refractivity contribution in [2.45, 2.75) is 11.3 Å². The molecular formula is C20H17N3O6S. The number of rotatable bonds is 7. The molecule has 0 unspecified atom stereocenters. The number of aryl methyl sites for hydroxylation is 1. The van der Waals surface area contributed by atoms with Gasteiger partial charge in [0, 0.05) is 11.8 Å². The molecule has 10 heteroatoms. The number of para-hydroxylation sites is 1.